The van der Waals surface area contributed by atoms with Crippen LogP contribution < -0.4 is 4.74 Å². The van der Waals surface area contributed by atoms with E-state index >= 15 is 0 Å². The van der Waals surface area contributed by atoms with Crippen molar-refractivity contribution in [1.82, 2.24) is 4.31 Å². The minimum atomic E-state index is -3.46. The lowest BCUT2D eigenvalue weighted by Gasteiger charge is -2.16. The number of benzene rings is 2. The molecular formula is C20H26NO5PS. The molecule has 1 heterocycles. The second-order valence-electron chi connectivity index (χ2n) is 6.43. The highest BCUT2D eigenvalue weighted by Gasteiger charge is 2.64. The number of methoxy groups -OCH3 is 1. The van der Waals surface area contributed by atoms with Crippen LogP contribution in [0.4, 0.5) is 0 Å². The number of hydrogen-bond acceptors (Lipinski definition) is 5. The van der Waals surface area contributed by atoms with Gasteiger partial charge in [0, 0.05) is 0 Å². The van der Waals surface area contributed by atoms with Crippen LogP contribution in [-0.4, -0.2) is 34.6 Å². The van der Waals surface area contributed by atoms with Crippen molar-refractivity contribution in [2.75, 3.05) is 20.3 Å². The van der Waals surface area contributed by atoms with Crippen molar-refractivity contribution in [1.29, 1.82) is 0 Å². The second kappa shape index (κ2) is 8.89. The van der Waals surface area contributed by atoms with E-state index in [0.717, 1.165) is 16.9 Å². The molecule has 2 aromatic carbocycles. The van der Waals surface area contributed by atoms with E-state index < -0.39 is 24.4 Å². The molecule has 1 aliphatic heterocycles. The predicted molar refractivity (Wildman–Crippen MR) is 110 cm³/mol. The van der Waals surface area contributed by atoms with Crippen molar-refractivity contribution in [2.45, 2.75) is 37.5 Å². The number of aryl methyl sites for hydroxylation is 1. The maximum Gasteiger partial charge on any atom is 0.350 e. The van der Waals surface area contributed by atoms with Gasteiger partial charge < -0.3 is 13.8 Å². The van der Waals surface area contributed by atoms with Gasteiger partial charge in [-0.2, -0.15) is 4.31 Å². The standard InChI is InChI=1S/C20H26NO5PS/c1-5-25-27(22,26-6-2)20-19(16-9-11-17(24-4)12-10-16)21(20)28(23)18-13-7-15(3)8-14-18/h7-14,19-20H,5-6H2,1-4H3/t19-,20-,21?,28?/m1/s1. The lowest BCUT2D eigenvalue weighted by Crippen LogP contribution is -2.10. The van der Waals surface area contributed by atoms with Crippen LogP contribution in [0.2, 0.25) is 0 Å². The average Bonchev–Trinajstić information content (AvgIpc) is 3.45. The Hall–Kier alpha value is -1.50. The van der Waals surface area contributed by atoms with Crippen LogP contribution in [0.3, 0.4) is 0 Å². The smallest absolute Gasteiger partial charge is 0.350 e. The minimum Gasteiger partial charge on any atom is -0.497 e. The molecule has 2 aromatic rings. The van der Waals surface area contributed by atoms with Crippen LogP contribution in [0.25, 0.3) is 0 Å². The van der Waals surface area contributed by atoms with Crippen molar-refractivity contribution in [3.63, 3.8) is 0 Å². The third-order valence-electron chi connectivity index (χ3n) is 4.54. The first-order valence-electron chi connectivity index (χ1n) is 9.24. The van der Waals surface area contributed by atoms with Gasteiger partial charge in [-0.25, -0.2) is 4.21 Å². The Kier molecular flexibility index (Phi) is 6.73. The highest BCUT2D eigenvalue weighted by atomic mass is 32.2. The van der Waals surface area contributed by atoms with E-state index in [2.05, 4.69) is 0 Å². The summed E-state index contributed by atoms with van der Waals surface area (Å²) in [7, 11) is -3.34. The first kappa shape index (κ1) is 21.2. The van der Waals surface area contributed by atoms with Gasteiger partial charge in [0.25, 0.3) is 0 Å². The Morgan fingerprint density at radius 1 is 1.00 bits per heavy atom. The summed E-state index contributed by atoms with van der Waals surface area (Å²) < 4.78 is 44.7. The molecule has 6 nitrogen and oxygen atoms in total. The Morgan fingerprint density at radius 3 is 2.07 bits per heavy atom. The normalized spacial score (nSPS) is 22.6. The monoisotopic (exact) mass is 423 g/mol. The number of rotatable bonds is 9. The highest BCUT2D eigenvalue weighted by molar-refractivity contribution is 7.83. The SMILES string of the molecule is CCOP(=O)(OCC)[C@@H]1[C@@H](c2ccc(OC)cc2)N1S(=O)c1ccc(C)cc1. The Balaban J connectivity index is 1.96. The van der Waals surface area contributed by atoms with Crippen LogP contribution >= 0.6 is 7.60 Å². The fourth-order valence-electron chi connectivity index (χ4n) is 3.16. The van der Waals surface area contributed by atoms with Crippen molar-refractivity contribution < 1.29 is 22.6 Å². The molecule has 1 aliphatic rings. The molecule has 0 bridgehead atoms. The zero-order valence-corrected chi connectivity index (χ0v) is 18.2. The number of ether oxygens (including phenoxy) is 1. The van der Waals surface area contributed by atoms with Crippen molar-refractivity contribution >= 4 is 18.6 Å². The maximum atomic E-state index is 13.4. The fourth-order valence-corrected chi connectivity index (χ4v) is 7.27. The van der Waals surface area contributed by atoms with Gasteiger partial charge >= 0.3 is 7.60 Å². The van der Waals surface area contributed by atoms with E-state index in [-0.39, 0.29) is 19.3 Å². The molecule has 3 rings (SSSR count). The summed E-state index contributed by atoms with van der Waals surface area (Å²) in [5.41, 5.74) is 1.98. The molecule has 0 aromatic heterocycles. The molecule has 4 atom stereocenters. The number of nitrogens with zero attached hydrogens (tertiary/aromatic N) is 1. The van der Waals surface area contributed by atoms with E-state index in [4.69, 9.17) is 13.8 Å². The van der Waals surface area contributed by atoms with Gasteiger partial charge in [0.1, 0.15) is 22.5 Å². The van der Waals surface area contributed by atoms with Gasteiger partial charge in [-0.15, -0.1) is 0 Å². The van der Waals surface area contributed by atoms with E-state index in [1.54, 1.807) is 25.3 Å². The molecule has 28 heavy (non-hydrogen) atoms. The van der Waals surface area contributed by atoms with Crippen LogP contribution in [-0.2, 0) is 24.6 Å². The molecule has 0 aliphatic carbocycles. The molecule has 8 heteroatoms. The summed E-state index contributed by atoms with van der Waals surface area (Å²) in [6, 6.07) is 14.6. The molecule has 0 radical (unpaired) electrons. The molecule has 0 amide bonds. The maximum absolute atomic E-state index is 13.4. The number of hydrogen-bond donors (Lipinski definition) is 0. The van der Waals surface area contributed by atoms with Gasteiger partial charge in [0.2, 0.25) is 0 Å². The van der Waals surface area contributed by atoms with Gasteiger partial charge in [-0.1, -0.05) is 29.8 Å². The van der Waals surface area contributed by atoms with Crippen LogP contribution in [0.1, 0.15) is 31.0 Å². The van der Waals surface area contributed by atoms with Crippen LogP contribution in [0.5, 0.6) is 5.75 Å². The van der Waals surface area contributed by atoms with E-state index in [9.17, 15) is 8.77 Å². The van der Waals surface area contributed by atoms with Crippen molar-refractivity contribution in [3.05, 3.63) is 59.7 Å². The van der Waals surface area contributed by atoms with Crippen molar-refractivity contribution in [2.24, 2.45) is 0 Å². The van der Waals surface area contributed by atoms with E-state index in [1.165, 1.54) is 0 Å². The third-order valence-corrected chi connectivity index (χ3v) is 8.63. The summed E-state index contributed by atoms with van der Waals surface area (Å²) in [6.07, 6.45) is 0. The second-order valence-corrected chi connectivity index (χ2v) is 9.95. The largest absolute Gasteiger partial charge is 0.497 e. The molecule has 0 spiro atoms. The van der Waals surface area contributed by atoms with Gasteiger partial charge in [-0.3, -0.25) is 4.57 Å². The summed E-state index contributed by atoms with van der Waals surface area (Å²) >= 11 is 0. The first-order chi connectivity index (χ1) is 13.4. The molecular weight excluding hydrogens is 397 g/mol. The fraction of sp³-hybridized carbons (Fsp3) is 0.400. The summed E-state index contributed by atoms with van der Waals surface area (Å²) in [4.78, 5) is 0.658. The topological polar surface area (TPSA) is 64.8 Å². The quantitative estimate of drug-likeness (QED) is 0.433. The van der Waals surface area contributed by atoms with Crippen molar-refractivity contribution in [3.8, 4) is 5.75 Å². The molecule has 152 valence electrons. The van der Waals surface area contributed by atoms with Crippen LogP contribution in [0, 0.1) is 6.92 Å². The minimum absolute atomic E-state index is 0.258. The first-order valence-corrected chi connectivity index (χ1v) is 12.0. The molecule has 1 fully saturated rings. The Labute approximate surface area is 168 Å². The predicted octanol–water partition coefficient (Wildman–Crippen LogP) is 4.68. The van der Waals surface area contributed by atoms with Gasteiger partial charge in [-0.05, 0) is 50.6 Å². The Bertz CT molecular complexity index is 861. The van der Waals surface area contributed by atoms with Gasteiger partial charge in [0.05, 0.1) is 31.3 Å². The molecule has 0 saturated carbocycles. The lowest BCUT2D eigenvalue weighted by molar-refractivity contribution is 0.216. The lowest BCUT2D eigenvalue weighted by atomic mass is 10.1. The highest BCUT2D eigenvalue weighted by Crippen LogP contribution is 2.69. The molecule has 0 N–H and O–H groups in total. The molecule has 2 unspecified atom stereocenters. The van der Waals surface area contributed by atoms with Gasteiger partial charge in [0.15, 0.2) is 0 Å². The summed E-state index contributed by atoms with van der Waals surface area (Å²) in [6.45, 7) is 6.04. The summed E-state index contributed by atoms with van der Waals surface area (Å²) in [5.74, 6) is 0.132. The summed E-state index contributed by atoms with van der Waals surface area (Å²) in [5, 5.41) is 0. The zero-order valence-electron chi connectivity index (χ0n) is 16.5. The average molecular weight is 423 g/mol. The molecule has 1 saturated heterocycles. The third kappa shape index (κ3) is 4.24. The van der Waals surface area contributed by atoms with E-state index in [1.807, 2.05) is 55.5 Å². The van der Waals surface area contributed by atoms with E-state index in [0.29, 0.717) is 4.90 Å². The Morgan fingerprint density at radius 2 is 1.57 bits per heavy atom. The zero-order chi connectivity index (χ0) is 20.3. The van der Waals surface area contributed by atoms with Crippen LogP contribution in [0.15, 0.2) is 53.4 Å².